The number of anilines is 1. The number of alkyl halides is 3. The Morgan fingerprint density at radius 1 is 1.02 bits per heavy atom. The summed E-state index contributed by atoms with van der Waals surface area (Å²) in [4.78, 5) is 13.3. The predicted molar refractivity (Wildman–Crippen MR) is 165 cm³/mol. The average Bonchev–Trinajstić information content (AvgIpc) is 3.55. The van der Waals surface area contributed by atoms with Crippen LogP contribution in [0.3, 0.4) is 0 Å². The van der Waals surface area contributed by atoms with Crippen LogP contribution in [-0.2, 0) is 6.42 Å². The van der Waals surface area contributed by atoms with E-state index in [9.17, 15) is 18.3 Å². The van der Waals surface area contributed by atoms with E-state index in [2.05, 4.69) is 9.88 Å². The van der Waals surface area contributed by atoms with Gasteiger partial charge in [0.05, 0.1) is 5.54 Å². The van der Waals surface area contributed by atoms with Gasteiger partial charge in [-0.1, -0.05) is 31.2 Å². The lowest BCUT2D eigenvalue weighted by Crippen LogP contribution is -2.49. The van der Waals surface area contributed by atoms with Crippen LogP contribution in [0.15, 0.2) is 42.5 Å². The fraction of sp³-hybridized carbons (Fsp3) is 0.486. The Balaban J connectivity index is 1.26. The minimum absolute atomic E-state index is 0.0190. The monoisotopic (exact) mass is 620 g/mol. The Kier molecular flexibility index (Phi) is 6.68. The number of halogens is 4. The first-order valence-corrected chi connectivity index (χ1v) is 16.1. The maximum absolute atomic E-state index is 16.8. The van der Waals surface area contributed by atoms with E-state index >= 15 is 4.39 Å². The van der Waals surface area contributed by atoms with E-state index in [0.717, 1.165) is 42.1 Å². The molecule has 4 aromatic rings. The summed E-state index contributed by atoms with van der Waals surface area (Å²) >= 11 is 0. The highest BCUT2D eigenvalue weighted by molar-refractivity contribution is 6.03. The number of nitrogens with zero attached hydrogens (tertiary/aromatic N) is 4. The van der Waals surface area contributed by atoms with E-state index in [1.54, 1.807) is 24.3 Å². The highest BCUT2D eigenvalue weighted by atomic mass is 19.3. The second-order valence-electron chi connectivity index (χ2n) is 13.4. The molecule has 4 fully saturated rings. The Labute approximate surface area is 259 Å². The molecule has 1 N–H and O–H groups in total. The maximum Gasteiger partial charge on any atom is 0.319 e. The number of aromatic hydroxyl groups is 1. The van der Waals surface area contributed by atoms with Crippen molar-refractivity contribution in [3.8, 4) is 22.9 Å². The number of aryl methyl sites for hydroxylation is 1. The molecule has 1 aromatic heterocycles. The number of fused-ring (bicyclic) bond motifs is 5. The van der Waals surface area contributed by atoms with Gasteiger partial charge in [0.1, 0.15) is 29.9 Å². The smallest absolute Gasteiger partial charge is 0.319 e. The molecule has 0 radical (unpaired) electrons. The number of hydrogen-bond acceptors (Lipinski definition) is 6. The molecule has 0 spiro atoms. The number of aromatic nitrogens is 2. The van der Waals surface area contributed by atoms with Gasteiger partial charge in [0.25, 0.3) is 5.92 Å². The molecule has 4 atom stereocenters. The van der Waals surface area contributed by atoms with Crippen molar-refractivity contribution in [2.24, 2.45) is 11.8 Å². The normalized spacial score (nSPS) is 27.5. The molecular formula is C35H36F4N4O2. The van der Waals surface area contributed by atoms with Gasteiger partial charge in [0.2, 0.25) is 0 Å². The van der Waals surface area contributed by atoms with Gasteiger partial charge >= 0.3 is 6.01 Å². The molecule has 1 aliphatic carbocycles. The third-order valence-electron chi connectivity index (χ3n) is 10.8. The fourth-order valence-electron chi connectivity index (χ4n) is 8.61. The zero-order valence-corrected chi connectivity index (χ0v) is 25.2. The lowest BCUT2D eigenvalue weighted by atomic mass is 9.92. The highest BCUT2D eigenvalue weighted by Gasteiger charge is 2.56. The first kappa shape index (κ1) is 28.8. The summed E-state index contributed by atoms with van der Waals surface area (Å²) in [7, 11) is 0. The van der Waals surface area contributed by atoms with Gasteiger partial charge in [0, 0.05) is 48.8 Å². The van der Waals surface area contributed by atoms with Gasteiger partial charge in [0.15, 0.2) is 5.82 Å². The summed E-state index contributed by atoms with van der Waals surface area (Å²) < 4.78 is 67.3. The second-order valence-corrected chi connectivity index (χ2v) is 13.4. The van der Waals surface area contributed by atoms with Gasteiger partial charge in [-0.3, -0.25) is 4.90 Å². The maximum atomic E-state index is 16.8. The topological polar surface area (TPSA) is 61.7 Å². The van der Waals surface area contributed by atoms with Crippen molar-refractivity contribution >= 4 is 27.5 Å². The Bertz CT molecular complexity index is 1800. The van der Waals surface area contributed by atoms with Crippen LogP contribution < -0.4 is 9.64 Å². The van der Waals surface area contributed by atoms with Gasteiger partial charge in [-0.25, -0.2) is 17.6 Å². The zero-order chi connectivity index (χ0) is 31.1. The Morgan fingerprint density at radius 3 is 2.60 bits per heavy atom. The molecule has 0 amide bonds. The van der Waals surface area contributed by atoms with Crippen molar-refractivity contribution in [3.63, 3.8) is 0 Å². The number of benzene rings is 3. The molecule has 45 heavy (non-hydrogen) atoms. The minimum Gasteiger partial charge on any atom is -0.508 e. The summed E-state index contributed by atoms with van der Waals surface area (Å²) in [6.07, 6.45) is 2.76. The number of phenolic OH excluding ortho intramolecular Hbond substituents is 1. The summed E-state index contributed by atoms with van der Waals surface area (Å²) in [5.41, 5.74) is 1.39. The van der Waals surface area contributed by atoms with Crippen molar-refractivity contribution in [2.45, 2.75) is 63.1 Å². The molecule has 10 heteroatoms. The van der Waals surface area contributed by atoms with Crippen LogP contribution in [0.2, 0.25) is 0 Å². The van der Waals surface area contributed by atoms with E-state index in [0.29, 0.717) is 42.6 Å². The molecular weight excluding hydrogens is 584 g/mol. The molecule has 3 aliphatic heterocycles. The molecule has 8 rings (SSSR count). The van der Waals surface area contributed by atoms with Crippen LogP contribution >= 0.6 is 0 Å². The van der Waals surface area contributed by atoms with Gasteiger partial charge in [-0.2, -0.15) is 9.97 Å². The lowest BCUT2D eigenvalue weighted by Gasteiger charge is -2.38. The second kappa shape index (κ2) is 10.4. The Hall–Kier alpha value is -3.66. The minimum atomic E-state index is -2.74. The highest BCUT2D eigenvalue weighted by Crippen LogP contribution is 2.50. The Morgan fingerprint density at radius 2 is 1.82 bits per heavy atom. The zero-order valence-electron chi connectivity index (χ0n) is 25.2. The number of hydrogen-bond donors (Lipinski definition) is 1. The van der Waals surface area contributed by atoms with Crippen LogP contribution in [0, 0.1) is 17.7 Å². The van der Waals surface area contributed by atoms with Gasteiger partial charge in [-0.05, 0) is 78.7 Å². The van der Waals surface area contributed by atoms with Crippen molar-refractivity contribution in [1.82, 2.24) is 14.9 Å². The molecule has 4 heterocycles. The van der Waals surface area contributed by atoms with E-state index in [-0.39, 0.29) is 42.5 Å². The number of ether oxygens (including phenoxy) is 1. The first-order valence-electron chi connectivity index (χ1n) is 16.1. The summed E-state index contributed by atoms with van der Waals surface area (Å²) in [5, 5.41) is 12.7. The molecule has 4 aliphatic rings. The fourth-order valence-corrected chi connectivity index (χ4v) is 8.61. The van der Waals surface area contributed by atoms with E-state index in [4.69, 9.17) is 9.72 Å². The van der Waals surface area contributed by atoms with E-state index in [1.807, 2.05) is 30.0 Å². The number of phenols is 1. The van der Waals surface area contributed by atoms with Crippen LogP contribution in [0.25, 0.3) is 32.8 Å². The molecule has 236 valence electrons. The molecule has 2 bridgehead atoms. The molecule has 3 aromatic carbocycles. The van der Waals surface area contributed by atoms with Crippen molar-refractivity contribution in [3.05, 3.63) is 53.8 Å². The van der Waals surface area contributed by atoms with Crippen LogP contribution in [-0.4, -0.2) is 70.4 Å². The van der Waals surface area contributed by atoms with Crippen LogP contribution in [0.5, 0.6) is 11.8 Å². The predicted octanol–water partition coefficient (Wildman–Crippen LogP) is 7.29. The summed E-state index contributed by atoms with van der Waals surface area (Å²) in [5.74, 6) is -4.54. The third-order valence-corrected chi connectivity index (χ3v) is 10.8. The van der Waals surface area contributed by atoms with Gasteiger partial charge < -0.3 is 14.7 Å². The summed E-state index contributed by atoms with van der Waals surface area (Å²) in [6.45, 7) is 3.58. The standard InChI is InChI=1S/C35H36F4N4O2/c1-2-20-5-3-6-21-13-25(44)14-28(29(20)21)26-9-10-27-31(30(26)37)40-33(45-19-34-11-4-12-43(34)18-24(36)15-34)41-32(27)42-16-22-7-8-23(17-42)35(22,38)39/h3,5-6,9-10,13-14,22-24,44H,2,4,7-8,11-12,15-19H2,1H3/t22?,23?,24-,34+/m1/s1. The molecule has 6 nitrogen and oxygen atoms in total. The lowest BCUT2D eigenvalue weighted by molar-refractivity contribution is -0.0830. The largest absolute Gasteiger partial charge is 0.508 e. The van der Waals surface area contributed by atoms with E-state index in [1.165, 1.54) is 0 Å². The number of rotatable bonds is 6. The van der Waals surface area contributed by atoms with Crippen molar-refractivity contribution < 1.29 is 27.4 Å². The molecule has 3 saturated heterocycles. The van der Waals surface area contributed by atoms with Crippen LogP contribution in [0.4, 0.5) is 23.4 Å². The van der Waals surface area contributed by atoms with Crippen molar-refractivity contribution in [2.75, 3.05) is 37.7 Å². The van der Waals surface area contributed by atoms with Crippen LogP contribution in [0.1, 0.15) is 44.6 Å². The SMILES string of the molecule is CCc1cccc2cc(O)cc(-c3ccc4c(N5CC6CCC(C5)C6(F)F)nc(OC[C@@]56CCCN5C[C@H](F)C6)nc4c3F)c12. The van der Waals surface area contributed by atoms with Gasteiger partial charge in [-0.15, -0.1) is 0 Å². The van der Waals surface area contributed by atoms with Crippen molar-refractivity contribution in [1.29, 1.82) is 0 Å². The summed E-state index contributed by atoms with van der Waals surface area (Å²) in [6, 6.07) is 12.4. The molecule has 2 unspecified atom stereocenters. The third kappa shape index (κ3) is 4.54. The number of piperidine rings is 1. The van der Waals surface area contributed by atoms with E-state index < -0.39 is 35.3 Å². The molecule has 1 saturated carbocycles. The average molecular weight is 621 g/mol. The first-order chi connectivity index (χ1) is 21.7. The quantitative estimate of drug-likeness (QED) is 0.229.